The highest BCUT2D eigenvalue weighted by Gasteiger charge is 2.21. The summed E-state index contributed by atoms with van der Waals surface area (Å²) >= 11 is 1.75. The number of hydrogen-bond acceptors (Lipinski definition) is 6. The smallest absolute Gasteiger partial charge is 0.225 e. The predicted molar refractivity (Wildman–Crippen MR) is 101 cm³/mol. The first kappa shape index (κ1) is 17.0. The predicted octanol–water partition coefficient (Wildman–Crippen LogP) is 4.36. The van der Waals surface area contributed by atoms with Crippen LogP contribution in [0.1, 0.15) is 46.1 Å². The Kier molecular flexibility index (Phi) is 4.59. The summed E-state index contributed by atoms with van der Waals surface area (Å²) in [5.41, 5.74) is 2.82. The van der Waals surface area contributed by atoms with Gasteiger partial charge in [0.15, 0.2) is 5.78 Å². The number of ether oxygens (including phenoxy) is 2. The van der Waals surface area contributed by atoms with Crippen LogP contribution in [0.3, 0.4) is 0 Å². The summed E-state index contributed by atoms with van der Waals surface area (Å²) in [6.07, 6.45) is 6.16. The molecule has 134 valence electrons. The number of methoxy groups -OCH3 is 1. The van der Waals surface area contributed by atoms with E-state index in [4.69, 9.17) is 9.47 Å². The second-order valence-corrected chi connectivity index (χ2v) is 7.52. The van der Waals surface area contributed by atoms with Crippen molar-refractivity contribution in [2.75, 3.05) is 7.11 Å². The molecular weight excluding hydrogens is 348 g/mol. The Morgan fingerprint density at radius 2 is 2.08 bits per heavy atom. The number of fused-ring (bicyclic) bond motifs is 3. The summed E-state index contributed by atoms with van der Waals surface area (Å²) in [5, 5.41) is 1.05. The molecule has 2 heterocycles. The molecule has 2 aromatic heterocycles. The van der Waals surface area contributed by atoms with Crippen LogP contribution >= 0.6 is 11.3 Å². The average molecular weight is 368 g/mol. The minimum Gasteiger partial charge on any atom is -0.496 e. The lowest BCUT2D eigenvalue weighted by molar-refractivity contribution is 0.101. The van der Waals surface area contributed by atoms with Crippen molar-refractivity contribution >= 4 is 27.3 Å². The molecule has 0 aliphatic heterocycles. The Hall–Kier alpha value is -2.47. The van der Waals surface area contributed by atoms with Crippen molar-refractivity contribution in [3.63, 3.8) is 0 Å². The fraction of sp³-hybridized carbons (Fsp3) is 0.350. The summed E-state index contributed by atoms with van der Waals surface area (Å²) in [6.45, 7) is 1.85. The van der Waals surface area contributed by atoms with Gasteiger partial charge in [-0.2, -0.15) is 0 Å². The quantitative estimate of drug-likeness (QED) is 0.626. The van der Waals surface area contributed by atoms with Crippen LogP contribution in [0.15, 0.2) is 24.5 Å². The monoisotopic (exact) mass is 368 g/mol. The summed E-state index contributed by atoms with van der Waals surface area (Å²) in [4.78, 5) is 22.9. The zero-order chi connectivity index (χ0) is 18.1. The van der Waals surface area contributed by atoms with Gasteiger partial charge in [-0.05, 0) is 56.4 Å². The van der Waals surface area contributed by atoms with Gasteiger partial charge in [0.05, 0.1) is 12.5 Å². The minimum atomic E-state index is 0.0187. The molecule has 0 unspecified atom stereocenters. The van der Waals surface area contributed by atoms with Gasteiger partial charge in [-0.3, -0.25) is 4.79 Å². The molecule has 4 rings (SSSR count). The van der Waals surface area contributed by atoms with Crippen LogP contribution in [0.25, 0.3) is 10.2 Å². The van der Waals surface area contributed by atoms with Gasteiger partial charge in [0.25, 0.3) is 0 Å². The Morgan fingerprint density at radius 1 is 1.23 bits per heavy atom. The number of aryl methyl sites for hydroxylation is 2. The molecule has 0 saturated heterocycles. The fourth-order valence-electron chi connectivity index (χ4n) is 3.43. The van der Waals surface area contributed by atoms with E-state index in [0.29, 0.717) is 23.8 Å². The first-order chi connectivity index (χ1) is 12.7. The van der Waals surface area contributed by atoms with Crippen molar-refractivity contribution in [1.29, 1.82) is 0 Å². The lowest BCUT2D eigenvalue weighted by atomic mass is 9.97. The number of hydrogen-bond donors (Lipinski definition) is 0. The van der Waals surface area contributed by atoms with Crippen LogP contribution < -0.4 is 9.47 Å². The number of carbonyl (C=O) groups excluding carboxylic acids is 1. The molecular formula is C20H20N2O3S. The van der Waals surface area contributed by atoms with Gasteiger partial charge in [0.1, 0.15) is 23.5 Å². The first-order valence-electron chi connectivity index (χ1n) is 8.73. The van der Waals surface area contributed by atoms with Crippen molar-refractivity contribution in [2.45, 2.75) is 39.2 Å². The van der Waals surface area contributed by atoms with Crippen molar-refractivity contribution in [1.82, 2.24) is 9.97 Å². The van der Waals surface area contributed by atoms with Gasteiger partial charge >= 0.3 is 0 Å². The average Bonchev–Trinajstić information content (AvgIpc) is 3.05. The van der Waals surface area contributed by atoms with Gasteiger partial charge in [-0.1, -0.05) is 0 Å². The molecule has 1 aliphatic carbocycles. The normalized spacial score (nSPS) is 13.5. The highest BCUT2D eigenvalue weighted by Crippen LogP contribution is 2.39. The standard InChI is InChI=1S/C20H20N2O3S/c1-12(23)13-7-8-16(24-2)14(9-13)10-25-19-18-15-5-3-4-6-17(15)26-20(18)22-11-21-19/h7-9,11H,3-6,10H2,1-2H3. The second-order valence-electron chi connectivity index (χ2n) is 6.44. The van der Waals surface area contributed by atoms with E-state index in [1.165, 1.54) is 23.3 Å². The van der Waals surface area contributed by atoms with Crippen LogP contribution in [0.5, 0.6) is 11.6 Å². The summed E-state index contributed by atoms with van der Waals surface area (Å²) in [6, 6.07) is 5.39. The van der Waals surface area contributed by atoms with Gasteiger partial charge < -0.3 is 9.47 Å². The van der Waals surface area contributed by atoms with Crippen molar-refractivity contribution < 1.29 is 14.3 Å². The number of thiophene rings is 1. The molecule has 1 aromatic carbocycles. The van der Waals surface area contributed by atoms with Gasteiger partial charge in [-0.15, -0.1) is 11.3 Å². The Morgan fingerprint density at radius 3 is 2.88 bits per heavy atom. The van der Waals surface area contributed by atoms with E-state index < -0.39 is 0 Å². The molecule has 3 aromatic rings. The number of ketones is 1. The second kappa shape index (κ2) is 7.03. The molecule has 0 amide bonds. The molecule has 5 nitrogen and oxygen atoms in total. The van der Waals surface area contributed by atoms with Crippen molar-refractivity contribution in [2.24, 2.45) is 0 Å². The van der Waals surface area contributed by atoms with Crippen molar-refractivity contribution in [3.05, 3.63) is 46.1 Å². The molecule has 0 atom stereocenters. The Labute approximate surface area is 156 Å². The summed E-state index contributed by atoms with van der Waals surface area (Å²) in [5.74, 6) is 1.34. The minimum absolute atomic E-state index is 0.0187. The van der Waals surface area contributed by atoms with E-state index in [1.54, 1.807) is 43.8 Å². The molecule has 0 spiro atoms. The molecule has 0 N–H and O–H groups in total. The SMILES string of the molecule is COc1ccc(C(C)=O)cc1COc1ncnc2sc3c(c12)CCCC3. The van der Waals surface area contributed by atoms with E-state index >= 15 is 0 Å². The lowest BCUT2D eigenvalue weighted by Gasteiger charge is -2.13. The van der Waals surface area contributed by atoms with Gasteiger partial charge in [0.2, 0.25) is 5.88 Å². The highest BCUT2D eigenvalue weighted by molar-refractivity contribution is 7.18. The van der Waals surface area contributed by atoms with Crippen LogP contribution in [-0.2, 0) is 19.4 Å². The van der Waals surface area contributed by atoms with E-state index in [9.17, 15) is 4.79 Å². The van der Waals surface area contributed by atoms with Crippen LogP contribution in [0.4, 0.5) is 0 Å². The van der Waals surface area contributed by atoms with Crippen LogP contribution in [0, 0.1) is 0 Å². The number of rotatable bonds is 5. The molecule has 0 fully saturated rings. The molecule has 26 heavy (non-hydrogen) atoms. The number of aromatic nitrogens is 2. The molecule has 1 aliphatic rings. The number of Topliss-reactive ketones (excluding diaryl/α,β-unsaturated/α-hetero) is 1. The van der Waals surface area contributed by atoms with E-state index in [1.807, 2.05) is 6.07 Å². The van der Waals surface area contributed by atoms with Gasteiger partial charge in [0, 0.05) is 16.0 Å². The maximum Gasteiger partial charge on any atom is 0.225 e. The van der Waals surface area contributed by atoms with E-state index in [-0.39, 0.29) is 5.78 Å². The third-order valence-corrected chi connectivity index (χ3v) is 5.97. The van der Waals surface area contributed by atoms with E-state index in [0.717, 1.165) is 28.6 Å². The third kappa shape index (κ3) is 3.05. The maximum absolute atomic E-state index is 11.7. The van der Waals surface area contributed by atoms with Gasteiger partial charge in [-0.25, -0.2) is 9.97 Å². The number of nitrogens with zero attached hydrogens (tertiary/aromatic N) is 2. The summed E-state index contributed by atoms with van der Waals surface area (Å²) in [7, 11) is 1.62. The maximum atomic E-state index is 11.7. The highest BCUT2D eigenvalue weighted by atomic mass is 32.1. The third-order valence-electron chi connectivity index (χ3n) is 4.77. The Bertz CT molecular complexity index is 981. The largest absolute Gasteiger partial charge is 0.496 e. The number of benzene rings is 1. The lowest BCUT2D eigenvalue weighted by Crippen LogP contribution is -2.04. The zero-order valence-corrected chi connectivity index (χ0v) is 15.7. The molecule has 0 bridgehead atoms. The van der Waals surface area contributed by atoms with Crippen LogP contribution in [0.2, 0.25) is 0 Å². The Balaban J connectivity index is 1.67. The van der Waals surface area contributed by atoms with E-state index in [2.05, 4.69) is 9.97 Å². The molecule has 6 heteroatoms. The summed E-state index contributed by atoms with van der Waals surface area (Å²) < 4.78 is 11.5. The number of carbonyl (C=O) groups is 1. The topological polar surface area (TPSA) is 61.3 Å². The first-order valence-corrected chi connectivity index (χ1v) is 9.55. The fourth-order valence-corrected chi connectivity index (χ4v) is 4.65. The molecule has 0 radical (unpaired) electrons. The zero-order valence-electron chi connectivity index (χ0n) is 14.9. The van der Waals surface area contributed by atoms with Crippen LogP contribution in [-0.4, -0.2) is 22.9 Å². The molecule has 0 saturated carbocycles. The van der Waals surface area contributed by atoms with Crippen molar-refractivity contribution in [3.8, 4) is 11.6 Å².